The van der Waals surface area contributed by atoms with E-state index in [-0.39, 0.29) is 5.78 Å². The van der Waals surface area contributed by atoms with Crippen molar-refractivity contribution in [3.05, 3.63) is 30.1 Å². The molecule has 2 aromatic heterocycles. The lowest BCUT2D eigenvalue weighted by Gasteiger charge is -2.00. The van der Waals surface area contributed by atoms with Crippen LogP contribution in [0.2, 0.25) is 0 Å². The molecule has 4 heteroatoms. The standard InChI is InChI=1S/C9H9N3O/c1-6(13)7-5-11-9-4-2-3-8(10)12(7)9/h2-5H,10H2,1H3. The molecule has 0 spiro atoms. The minimum absolute atomic E-state index is 0.0367. The highest BCUT2D eigenvalue weighted by Gasteiger charge is 2.08. The van der Waals surface area contributed by atoms with Gasteiger partial charge in [0.25, 0.3) is 0 Å². The van der Waals surface area contributed by atoms with E-state index in [0.717, 1.165) is 0 Å². The summed E-state index contributed by atoms with van der Waals surface area (Å²) in [5, 5.41) is 0. The Balaban J connectivity index is 2.86. The van der Waals surface area contributed by atoms with Gasteiger partial charge in [0.1, 0.15) is 17.2 Å². The van der Waals surface area contributed by atoms with Crippen LogP contribution < -0.4 is 5.73 Å². The Morgan fingerprint density at radius 2 is 2.31 bits per heavy atom. The third kappa shape index (κ3) is 1.07. The van der Waals surface area contributed by atoms with Gasteiger partial charge in [-0.05, 0) is 12.1 Å². The average molecular weight is 175 g/mol. The molecule has 0 bridgehead atoms. The minimum Gasteiger partial charge on any atom is -0.385 e. The molecule has 2 N–H and O–H groups in total. The third-order valence-corrected chi connectivity index (χ3v) is 1.92. The number of carbonyl (C=O) groups is 1. The number of rotatable bonds is 1. The van der Waals surface area contributed by atoms with E-state index in [1.165, 1.54) is 13.1 Å². The lowest BCUT2D eigenvalue weighted by molar-refractivity contribution is 0.101. The fraction of sp³-hybridized carbons (Fsp3) is 0.111. The van der Waals surface area contributed by atoms with Gasteiger partial charge < -0.3 is 5.73 Å². The van der Waals surface area contributed by atoms with Gasteiger partial charge in [-0.1, -0.05) is 6.07 Å². The number of hydrogen-bond acceptors (Lipinski definition) is 3. The number of nitrogens with zero attached hydrogens (tertiary/aromatic N) is 2. The molecule has 0 saturated heterocycles. The van der Waals surface area contributed by atoms with Gasteiger partial charge in [-0.2, -0.15) is 0 Å². The summed E-state index contributed by atoms with van der Waals surface area (Å²) in [7, 11) is 0. The molecule has 0 aliphatic carbocycles. The molecule has 2 heterocycles. The van der Waals surface area contributed by atoms with Crippen LogP contribution in [0, 0.1) is 0 Å². The van der Waals surface area contributed by atoms with Crippen molar-refractivity contribution in [1.29, 1.82) is 0 Å². The van der Waals surface area contributed by atoms with E-state index < -0.39 is 0 Å². The molecule has 2 aromatic rings. The van der Waals surface area contributed by atoms with Crippen molar-refractivity contribution in [2.45, 2.75) is 6.92 Å². The summed E-state index contributed by atoms with van der Waals surface area (Å²) in [5.74, 6) is 0.491. The minimum atomic E-state index is -0.0367. The summed E-state index contributed by atoms with van der Waals surface area (Å²) in [4.78, 5) is 15.2. The van der Waals surface area contributed by atoms with Crippen LogP contribution >= 0.6 is 0 Å². The summed E-state index contributed by atoms with van der Waals surface area (Å²) in [6.07, 6.45) is 1.54. The van der Waals surface area contributed by atoms with Gasteiger partial charge in [-0.25, -0.2) is 4.98 Å². The predicted octanol–water partition coefficient (Wildman–Crippen LogP) is 1.12. The first-order chi connectivity index (χ1) is 6.20. The quantitative estimate of drug-likeness (QED) is 0.660. The molecule has 0 aliphatic rings. The number of Topliss-reactive ketones (excluding diaryl/α,β-unsaturated/α-hetero) is 1. The topological polar surface area (TPSA) is 60.4 Å². The third-order valence-electron chi connectivity index (χ3n) is 1.92. The Morgan fingerprint density at radius 1 is 1.54 bits per heavy atom. The largest absolute Gasteiger partial charge is 0.385 e. The van der Waals surface area contributed by atoms with E-state index in [9.17, 15) is 4.79 Å². The van der Waals surface area contributed by atoms with Crippen molar-refractivity contribution in [2.75, 3.05) is 5.73 Å². The van der Waals surface area contributed by atoms with Crippen LogP contribution in [0.3, 0.4) is 0 Å². The second-order valence-electron chi connectivity index (χ2n) is 2.84. The van der Waals surface area contributed by atoms with Crippen molar-refractivity contribution in [3.63, 3.8) is 0 Å². The van der Waals surface area contributed by atoms with Crippen molar-refractivity contribution < 1.29 is 4.79 Å². The van der Waals surface area contributed by atoms with Crippen LogP contribution in [0.4, 0.5) is 5.82 Å². The monoisotopic (exact) mass is 175 g/mol. The Labute approximate surface area is 75.0 Å². The summed E-state index contributed by atoms with van der Waals surface area (Å²) in [5.41, 5.74) is 6.93. The van der Waals surface area contributed by atoms with Crippen molar-refractivity contribution in [2.24, 2.45) is 0 Å². The van der Waals surface area contributed by atoms with Crippen molar-refractivity contribution >= 4 is 17.2 Å². The van der Waals surface area contributed by atoms with E-state index in [2.05, 4.69) is 4.98 Å². The highest BCUT2D eigenvalue weighted by atomic mass is 16.1. The fourth-order valence-corrected chi connectivity index (χ4v) is 1.31. The molecular formula is C9H9N3O. The fourth-order valence-electron chi connectivity index (χ4n) is 1.31. The Morgan fingerprint density at radius 3 is 3.00 bits per heavy atom. The normalized spacial score (nSPS) is 10.5. The van der Waals surface area contributed by atoms with Crippen LogP contribution in [0.15, 0.2) is 24.4 Å². The highest BCUT2D eigenvalue weighted by Crippen LogP contribution is 2.12. The average Bonchev–Trinajstić information content (AvgIpc) is 2.49. The summed E-state index contributed by atoms with van der Waals surface area (Å²) >= 11 is 0. The predicted molar refractivity (Wildman–Crippen MR) is 49.6 cm³/mol. The molecule has 13 heavy (non-hydrogen) atoms. The van der Waals surface area contributed by atoms with E-state index in [1.807, 2.05) is 12.1 Å². The van der Waals surface area contributed by atoms with Crippen LogP contribution in [0.1, 0.15) is 17.4 Å². The van der Waals surface area contributed by atoms with Crippen LogP contribution in [-0.2, 0) is 0 Å². The van der Waals surface area contributed by atoms with Crippen molar-refractivity contribution in [1.82, 2.24) is 9.38 Å². The molecule has 0 aromatic carbocycles. The zero-order chi connectivity index (χ0) is 9.42. The summed E-state index contributed by atoms with van der Waals surface area (Å²) in [6, 6.07) is 5.35. The van der Waals surface area contributed by atoms with E-state index in [1.54, 1.807) is 10.5 Å². The molecule has 0 saturated carbocycles. The first-order valence-corrected chi connectivity index (χ1v) is 3.93. The van der Waals surface area contributed by atoms with Gasteiger partial charge in [-0.3, -0.25) is 9.20 Å². The molecule has 0 amide bonds. The molecule has 0 aliphatic heterocycles. The zero-order valence-electron chi connectivity index (χ0n) is 7.19. The summed E-state index contributed by atoms with van der Waals surface area (Å²) < 4.78 is 1.64. The van der Waals surface area contributed by atoms with Gasteiger partial charge in [0.05, 0.1) is 6.20 Å². The van der Waals surface area contributed by atoms with E-state index in [0.29, 0.717) is 17.2 Å². The van der Waals surface area contributed by atoms with Gasteiger partial charge in [0.2, 0.25) is 0 Å². The molecule has 0 radical (unpaired) electrons. The lowest BCUT2D eigenvalue weighted by atomic mass is 10.3. The lowest BCUT2D eigenvalue weighted by Crippen LogP contribution is -2.03. The Kier molecular flexibility index (Phi) is 1.55. The SMILES string of the molecule is CC(=O)c1cnc2cccc(N)n12. The van der Waals surface area contributed by atoms with Gasteiger partial charge in [0.15, 0.2) is 5.78 Å². The zero-order valence-corrected chi connectivity index (χ0v) is 7.19. The van der Waals surface area contributed by atoms with Crippen LogP contribution in [0.25, 0.3) is 5.65 Å². The number of imidazole rings is 1. The van der Waals surface area contributed by atoms with E-state index in [4.69, 9.17) is 5.73 Å². The van der Waals surface area contributed by atoms with Crippen LogP contribution in [-0.4, -0.2) is 15.2 Å². The number of carbonyl (C=O) groups excluding carboxylic acids is 1. The molecule has 0 unspecified atom stereocenters. The maximum atomic E-state index is 11.2. The number of aromatic nitrogens is 2. The molecule has 0 atom stereocenters. The second-order valence-corrected chi connectivity index (χ2v) is 2.84. The Hall–Kier alpha value is -1.84. The second kappa shape index (κ2) is 2.58. The molecule has 4 nitrogen and oxygen atoms in total. The van der Waals surface area contributed by atoms with Crippen LogP contribution in [0.5, 0.6) is 0 Å². The van der Waals surface area contributed by atoms with E-state index >= 15 is 0 Å². The van der Waals surface area contributed by atoms with Gasteiger partial charge >= 0.3 is 0 Å². The summed E-state index contributed by atoms with van der Waals surface area (Å²) in [6.45, 7) is 1.50. The number of anilines is 1. The number of fused-ring (bicyclic) bond motifs is 1. The maximum Gasteiger partial charge on any atom is 0.178 e. The number of nitrogens with two attached hydrogens (primary N) is 1. The first kappa shape index (κ1) is 7.79. The van der Waals surface area contributed by atoms with Crippen molar-refractivity contribution in [3.8, 4) is 0 Å². The molecule has 66 valence electrons. The number of pyridine rings is 1. The number of ketones is 1. The highest BCUT2D eigenvalue weighted by molar-refractivity contribution is 5.93. The van der Waals surface area contributed by atoms with Gasteiger partial charge in [-0.15, -0.1) is 0 Å². The first-order valence-electron chi connectivity index (χ1n) is 3.93. The number of nitrogen functional groups attached to an aromatic ring is 1. The maximum absolute atomic E-state index is 11.2. The smallest absolute Gasteiger partial charge is 0.178 e. The molecule has 2 rings (SSSR count). The Bertz CT molecular complexity index is 473. The number of hydrogen-bond donors (Lipinski definition) is 1. The van der Waals surface area contributed by atoms with Gasteiger partial charge in [0, 0.05) is 6.92 Å². The molecule has 0 fully saturated rings. The molecular weight excluding hydrogens is 166 g/mol.